The van der Waals surface area contributed by atoms with Gasteiger partial charge in [-0.25, -0.2) is 0 Å². The number of aromatic nitrogens is 1. The van der Waals surface area contributed by atoms with Gasteiger partial charge in [0, 0.05) is 22.7 Å². The average molecular weight is 283 g/mol. The van der Waals surface area contributed by atoms with Crippen molar-refractivity contribution in [1.29, 1.82) is 0 Å². The molecule has 2 aromatic rings. The molecule has 21 heavy (non-hydrogen) atoms. The van der Waals surface area contributed by atoms with Gasteiger partial charge in [-0.05, 0) is 25.0 Å². The predicted molar refractivity (Wildman–Crippen MR) is 89.8 cm³/mol. The van der Waals surface area contributed by atoms with E-state index >= 15 is 0 Å². The molecule has 0 aliphatic carbocycles. The molecule has 112 valence electrons. The molecule has 1 aromatic heterocycles. The molecule has 0 spiro atoms. The lowest BCUT2D eigenvalue weighted by atomic mass is 10.1. The standard InChI is InChI=1S/C19H25NO/c1-2-3-4-5-6-7-8-9-14-19(21)17-15-20-18-13-11-10-12-16(17)18/h9-15,20H,2-8H2,1H3/b14-9+. The Labute approximate surface area is 127 Å². The van der Waals surface area contributed by atoms with Crippen molar-refractivity contribution in [3.05, 3.63) is 48.2 Å². The summed E-state index contributed by atoms with van der Waals surface area (Å²) in [7, 11) is 0. The smallest absolute Gasteiger partial charge is 0.187 e. The van der Waals surface area contributed by atoms with Crippen LogP contribution in [0.5, 0.6) is 0 Å². The molecule has 0 radical (unpaired) electrons. The maximum atomic E-state index is 12.2. The molecule has 0 saturated heterocycles. The van der Waals surface area contributed by atoms with Gasteiger partial charge in [-0.15, -0.1) is 0 Å². The molecule has 1 heterocycles. The normalized spacial score (nSPS) is 11.5. The highest BCUT2D eigenvalue weighted by molar-refractivity contribution is 6.13. The highest BCUT2D eigenvalue weighted by Gasteiger charge is 2.08. The summed E-state index contributed by atoms with van der Waals surface area (Å²) in [6, 6.07) is 7.92. The van der Waals surface area contributed by atoms with Gasteiger partial charge in [0.2, 0.25) is 0 Å². The number of allylic oxidation sites excluding steroid dienone is 2. The van der Waals surface area contributed by atoms with Gasteiger partial charge in [0.1, 0.15) is 0 Å². The van der Waals surface area contributed by atoms with Crippen LogP contribution in [0.3, 0.4) is 0 Å². The second kappa shape index (κ2) is 8.46. The molecule has 0 bridgehead atoms. The molecule has 0 aliphatic rings. The van der Waals surface area contributed by atoms with Crippen LogP contribution < -0.4 is 0 Å². The van der Waals surface area contributed by atoms with Gasteiger partial charge in [-0.2, -0.15) is 0 Å². The summed E-state index contributed by atoms with van der Waals surface area (Å²) in [6.45, 7) is 2.24. The molecular weight excluding hydrogens is 258 g/mol. The van der Waals surface area contributed by atoms with Crippen LogP contribution in [0, 0.1) is 0 Å². The number of hydrogen-bond acceptors (Lipinski definition) is 1. The Morgan fingerprint density at radius 1 is 1.10 bits per heavy atom. The Bertz CT molecular complexity index is 594. The second-order valence-corrected chi connectivity index (χ2v) is 5.57. The maximum absolute atomic E-state index is 12.2. The molecule has 0 fully saturated rings. The van der Waals surface area contributed by atoms with Gasteiger partial charge in [0.25, 0.3) is 0 Å². The van der Waals surface area contributed by atoms with Crippen LogP contribution in [0.25, 0.3) is 10.9 Å². The van der Waals surface area contributed by atoms with E-state index in [-0.39, 0.29) is 5.78 Å². The number of H-pyrrole nitrogens is 1. The topological polar surface area (TPSA) is 32.9 Å². The number of carbonyl (C=O) groups is 1. The molecule has 2 heteroatoms. The summed E-state index contributed by atoms with van der Waals surface area (Å²) in [5, 5.41) is 1.01. The Hall–Kier alpha value is -1.83. The van der Waals surface area contributed by atoms with E-state index in [1.54, 1.807) is 6.08 Å². The summed E-state index contributed by atoms with van der Waals surface area (Å²) >= 11 is 0. The highest BCUT2D eigenvalue weighted by Crippen LogP contribution is 2.18. The van der Waals surface area contributed by atoms with E-state index in [9.17, 15) is 4.79 Å². The summed E-state index contributed by atoms with van der Waals surface area (Å²) in [4.78, 5) is 15.3. The van der Waals surface area contributed by atoms with E-state index in [0.29, 0.717) is 0 Å². The molecule has 0 unspecified atom stereocenters. The summed E-state index contributed by atoms with van der Waals surface area (Å²) in [5.41, 5.74) is 1.79. The molecule has 0 atom stereocenters. The average Bonchev–Trinajstić information content (AvgIpc) is 2.94. The predicted octanol–water partition coefficient (Wildman–Crippen LogP) is 5.66. The number of rotatable bonds is 9. The van der Waals surface area contributed by atoms with Gasteiger partial charge in [-0.3, -0.25) is 4.79 Å². The van der Waals surface area contributed by atoms with E-state index in [2.05, 4.69) is 11.9 Å². The summed E-state index contributed by atoms with van der Waals surface area (Å²) < 4.78 is 0. The van der Waals surface area contributed by atoms with E-state index in [1.165, 1.54) is 38.5 Å². The molecule has 1 aromatic carbocycles. The second-order valence-electron chi connectivity index (χ2n) is 5.57. The van der Waals surface area contributed by atoms with Crippen molar-refractivity contribution in [3.8, 4) is 0 Å². The Morgan fingerprint density at radius 3 is 2.71 bits per heavy atom. The Balaban J connectivity index is 1.78. The first kappa shape index (κ1) is 15.6. The number of aromatic amines is 1. The fraction of sp³-hybridized carbons (Fsp3) is 0.421. The number of unbranched alkanes of at least 4 members (excludes halogenated alkanes) is 6. The first-order valence-corrected chi connectivity index (χ1v) is 8.10. The fourth-order valence-electron chi connectivity index (χ4n) is 2.60. The third-order valence-electron chi connectivity index (χ3n) is 3.85. The molecule has 0 amide bonds. The molecular formula is C19H25NO. The largest absolute Gasteiger partial charge is 0.360 e. The van der Waals surface area contributed by atoms with Gasteiger partial charge in [-0.1, -0.05) is 63.3 Å². The SMILES string of the molecule is CCCCCCCC/C=C/C(=O)c1c[nH]c2ccccc12. The van der Waals surface area contributed by atoms with Crippen molar-refractivity contribution in [2.24, 2.45) is 0 Å². The van der Waals surface area contributed by atoms with Crippen molar-refractivity contribution < 1.29 is 4.79 Å². The lowest BCUT2D eigenvalue weighted by Crippen LogP contribution is -1.92. The number of carbonyl (C=O) groups excluding carboxylic acids is 1. The minimum Gasteiger partial charge on any atom is -0.360 e. The molecule has 0 aliphatic heterocycles. The van der Waals surface area contributed by atoms with Gasteiger partial charge in [0.15, 0.2) is 5.78 Å². The van der Waals surface area contributed by atoms with E-state index < -0.39 is 0 Å². The number of benzene rings is 1. The van der Waals surface area contributed by atoms with E-state index in [1.807, 2.05) is 36.5 Å². The van der Waals surface area contributed by atoms with E-state index in [4.69, 9.17) is 0 Å². The van der Waals surface area contributed by atoms with Crippen molar-refractivity contribution in [2.75, 3.05) is 0 Å². The highest BCUT2D eigenvalue weighted by atomic mass is 16.1. The quantitative estimate of drug-likeness (QED) is 0.359. The number of nitrogens with one attached hydrogen (secondary N) is 1. The number of ketones is 1. The van der Waals surface area contributed by atoms with Crippen LogP contribution in [0.15, 0.2) is 42.6 Å². The molecule has 2 rings (SSSR count). The number of hydrogen-bond donors (Lipinski definition) is 1. The van der Waals surface area contributed by atoms with Crippen LogP contribution in [0.2, 0.25) is 0 Å². The van der Waals surface area contributed by atoms with Gasteiger partial charge in [0.05, 0.1) is 0 Å². The van der Waals surface area contributed by atoms with Crippen LogP contribution in [0.4, 0.5) is 0 Å². The van der Waals surface area contributed by atoms with Gasteiger partial charge >= 0.3 is 0 Å². The van der Waals surface area contributed by atoms with Crippen molar-refractivity contribution in [1.82, 2.24) is 4.98 Å². The first-order valence-electron chi connectivity index (χ1n) is 8.10. The third kappa shape index (κ3) is 4.59. The van der Waals surface area contributed by atoms with Crippen molar-refractivity contribution in [2.45, 2.75) is 51.9 Å². The van der Waals surface area contributed by atoms with Crippen LogP contribution in [-0.4, -0.2) is 10.8 Å². The Kier molecular flexibility index (Phi) is 6.26. The maximum Gasteiger partial charge on any atom is 0.187 e. The Morgan fingerprint density at radius 2 is 1.86 bits per heavy atom. The lowest BCUT2D eigenvalue weighted by molar-refractivity contribution is 0.104. The third-order valence-corrected chi connectivity index (χ3v) is 3.85. The fourth-order valence-corrected chi connectivity index (χ4v) is 2.60. The first-order chi connectivity index (χ1) is 10.3. The monoisotopic (exact) mass is 283 g/mol. The minimum absolute atomic E-state index is 0.0958. The van der Waals surface area contributed by atoms with Crippen molar-refractivity contribution in [3.63, 3.8) is 0 Å². The van der Waals surface area contributed by atoms with Crippen molar-refractivity contribution >= 4 is 16.7 Å². The van der Waals surface area contributed by atoms with Gasteiger partial charge < -0.3 is 4.98 Å². The minimum atomic E-state index is 0.0958. The zero-order chi connectivity index (χ0) is 14.9. The van der Waals surface area contributed by atoms with Crippen LogP contribution in [-0.2, 0) is 0 Å². The number of para-hydroxylation sites is 1. The summed E-state index contributed by atoms with van der Waals surface area (Å²) in [6.07, 6.45) is 14.3. The zero-order valence-electron chi connectivity index (χ0n) is 12.9. The molecule has 2 nitrogen and oxygen atoms in total. The van der Waals surface area contributed by atoms with E-state index in [0.717, 1.165) is 22.9 Å². The lowest BCUT2D eigenvalue weighted by Gasteiger charge is -1.97. The zero-order valence-corrected chi connectivity index (χ0v) is 12.9. The molecule has 1 N–H and O–H groups in total. The van der Waals surface area contributed by atoms with Crippen LogP contribution in [0.1, 0.15) is 62.2 Å². The molecule has 0 saturated carbocycles. The number of fused-ring (bicyclic) bond motifs is 1. The van der Waals surface area contributed by atoms with Crippen LogP contribution >= 0.6 is 0 Å². The summed E-state index contributed by atoms with van der Waals surface area (Å²) in [5.74, 6) is 0.0958.